The van der Waals surface area contributed by atoms with Crippen molar-refractivity contribution in [1.82, 2.24) is 14.3 Å². The Balaban J connectivity index is 1.72. The number of aromatic nitrogens is 2. The summed E-state index contributed by atoms with van der Waals surface area (Å²) in [6, 6.07) is 1.10. The molecule has 0 spiro atoms. The van der Waals surface area contributed by atoms with Crippen LogP contribution in [-0.2, 0) is 14.8 Å². The Morgan fingerprint density at radius 1 is 1.21 bits per heavy atom. The molecule has 0 bridgehead atoms. The number of carbonyl (C=O) groups is 2. The maximum atomic E-state index is 14.0. The van der Waals surface area contributed by atoms with Crippen molar-refractivity contribution in [3.8, 4) is 11.8 Å². The summed E-state index contributed by atoms with van der Waals surface area (Å²) in [4.78, 5) is 45.4. The van der Waals surface area contributed by atoms with E-state index in [4.69, 9.17) is 0 Å². The minimum Gasteiger partial charge on any atom is -0.477 e. The van der Waals surface area contributed by atoms with E-state index in [-0.39, 0.29) is 45.8 Å². The van der Waals surface area contributed by atoms with Crippen molar-refractivity contribution in [3.05, 3.63) is 38.7 Å². The first-order chi connectivity index (χ1) is 18.3. The molecule has 0 aromatic carbocycles. The summed E-state index contributed by atoms with van der Waals surface area (Å²) < 4.78 is 27.8. The number of carboxylic acid groups (broad SMARTS) is 1. The predicted octanol–water partition coefficient (Wildman–Crippen LogP) is 3.55. The number of hydrogen-bond acceptors (Lipinski definition) is 7. The second kappa shape index (κ2) is 11.2. The number of nitrogens with zero attached hydrogens (tertiary/aromatic N) is 3. The zero-order valence-electron chi connectivity index (χ0n) is 22.6. The molecule has 1 amide bonds. The molecule has 2 N–H and O–H groups in total. The van der Waals surface area contributed by atoms with Crippen LogP contribution in [0, 0.1) is 29.1 Å². The maximum Gasteiger partial charge on any atom is 0.348 e. The second-order valence-electron chi connectivity index (χ2n) is 11.4. The van der Waals surface area contributed by atoms with Crippen molar-refractivity contribution < 1.29 is 23.1 Å². The number of amides is 1. The Kier molecular flexibility index (Phi) is 8.35. The van der Waals surface area contributed by atoms with Gasteiger partial charge in [0.05, 0.1) is 22.8 Å². The van der Waals surface area contributed by atoms with Crippen LogP contribution in [0.1, 0.15) is 74.3 Å². The average Bonchev–Trinajstić information content (AvgIpc) is 3.52. The normalized spacial score (nSPS) is 22.2. The number of H-pyrrole nitrogens is 1. The van der Waals surface area contributed by atoms with Gasteiger partial charge in [0.2, 0.25) is 15.9 Å². The highest BCUT2D eigenvalue weighted by Crippen LogP contribution is 2.38. The first-order valence-corrected chi connectivity index (χ1v) is 15.3. The Labute approximate surface area is 232 Å². The molecule has 39 heavy (non-hydrogen) atoms. The number of nitrogens with one attached hydrogen (secondary N) is 1. The number of carbonyl (C=O) groups excluding carboxylic acids is 1. The Morgan fingerprint density at radius 2 is 1.90 bits per heavy atom. The number of thiophene rings is 1. The summed E-state index contributed by atoms with van der Waals surface area (Å²) in [6.45, 7) is 8.16. The van der Waals surface area contributed by atoms with Gasteiger partial charge < -0.3 is 15.0 Å². The van der Waals surface area contributed by atoms with Crippen LogP contribution in [-0.4, -0.2) is 58.8 Å². The van der Waals surface area contributed by atoms with Crippen molar-refractivity contribution in [1.29, 1.82) is 0 Å². The number of anilines is 1. The van der Waals surface area contributed by atoms with Crippen molar-refractivity contribution in [2.75, 3.05) is 18.0 Å². The third kappa shape index (κ3) is 6.59. The minimum atomic E-state index is -3.98. The lowest BCUT2D eigenvalue weighted by Gasteiger charge is -2.34. The molecule has 0 unspecified atom stereocenters. The highest BCUT2D eigenvalue weighted by Gasteiger charge is 2.41. The Hall–Kier alpha value is -3.01. The molecule has 3 heterocycles. The largest absolute Gasteiger partial charge is 0.477 e. The summed E-state index contributed by atoms with van der Waals surface area (Å²) in [5.41, 5.74) is -0.682. The lowest BCUT2D eigenvalue weighted by molar-refractivity contribution is -0.124. The van der Waals surface area contributed by atoms with Gasteiger partial charge in [-0.05, 0) is 64.9 Å². The van der Waals surface area contributed by atoms with E-state index >= 15 is 0 Å². The van der Waals surface area contributed by atoms with Crippen LogP contribution < -0.4 is 10.6 Å². The molecule has 1 saturated carbocycles. The van der Waals surface area contributed by atoms with Gasteiger partial charge >= 0.3 is 11.7 Å². The molecule has 210 valence electrons. The van der Waals surface area contributed by atoms with E-state index in [1.165, 1.54) is 9.21 Å². The van der Waals surface area contributed by atoms with Gasteiger partial charge in [0.1, 0.15) is 9.77 Å². The summed E-state index contributed by atoms with van der Waals surface area (Å²) in [6.07, 6.45) is 5.68. The lowest BCUT2D eigenvalue weighted by atomic mass is 9.82. The van der Waals surface area contributed by atoms with Gasteiger partial charge in [-0.1, -0.05) is 18.8 Å². The number of rotatable bonds is 6. The molecule has 10 nitrogen and oxygen atoms in total. The number of aromatic amines is 1. The van der Waals surface area contributed by atoms with Crippen LogP contribution in [0.2, 0.25) is 0 Å². The van der Waals surface area contributed by atoms with Crippen LogP contribution in [0.4, 0.5) is 5.69 Å². The standard InChI is InChI=1S/C27H34N4O6S2/c1-17-5-7-18(8-6-17)24(32)31(22-13-20(9-11-27(2,3)4)38-23(22)25(33)34)19-10-12-30(16-19)39(36,37)21-14-28-26(35)29-15-21/h13-15,17-19H,5-8,10,12,16H2,1-4H3,(H,33,34)(H,28,29,35)/t17-,18-,19-/m0/s1. The molecule has 2 fully saturated rings. The van der Waals surface area contributed by atoms with Crippen LogP contribution >= 0.6 is 11.3 Å². The maximum absolute atomic E-state index is 14.0. The topological polar surface area (TPSA) is 141 Å². The fraction of sp³-hybridized carbons (Fsp3) is 0.556. The monoisotopic (exact) mass is 574 g/mol. The molecule has 4 rings (SSSR count). The summed E-state index contributed by atoms with van der Waals surface area (Å²) in [5.74, 6) is 5.10. The highest BCUT2D eigenvalue weighted by molar-refractivity contribution is 7.89. The van der Waals surface area contributed by atoms with Crippen LogP contribution in [0.3, 0.4) is 0 Å². The van der Waals surface area contributed by atoms with E-state index in [9.17, 15) is 27.9 Å². The quantitative estimate of drug-likeness (QED) is 0.503. The van der Waals surface area contributed by atoms with Crippen molar-refractivity contribution in [2.45, 2.75) is 70.7 Å². The Morgan fingerprint density at radius 3 is 2.49 bits per heavy atom. The second-order valence-corrected chi connectivity index (χ2v) is 14.3. The molecule has 1 aliphatic carbocycles. The molecule has 12 heteroatoms. The van der Waals surface area contributed by atoms with Crippen LogP contribution in [0.15, 0.2) is 28.2 Å². The van der Waals surface area contributed by atoms with Crippen molar-refractivity contribution in [3.63, 3.8) is 0 Å². The smallest absolute Gasteiger partial charge is 0.348 e. The van der Waals surface area contributed by atoms with Gasteiger partial charge in [-0.25, -0.2) is 23.0 Å². The zero-order chi connectivity index (χ0) is 28.5. The molecule has 0 radical (unpaired) electrons. The highest BCUT2D eigenvalue weighted by atomic mass is 32.2. The van der Waals surface area contributed by atoms with Crippen LogP contribution in [0.25, 0.3) is 0 Å². The molecular formula is C27H34N4O6S2. The van der Waals surface area contributed by atoms with Crippen molar-refractivity contribution in [2.24, 2.45) is 17.3 Å². The summed E-state index contributed by atoms with van der Waals surface area (Å²) in [7, 11) is -3.98. The van der Waals surface area contributed by atoms with Gasteiger partial charge in [-0.15, -0.1) is 11.3 Å². The molecule has 1 atom stereocenters. The number of carboxylic acids is 1. The summed E-state index contributed by atoms with van der Waals surface area (Å²) >= 11 is 1.02. The fourth-order valence-electron chi connectivity index (χ4n) is 4.98. The van der Waals surface area contributed by atoms with E-state index in [1.54, 1.807) is 6.07 Å². The number of sulfonamides is 1. The zero-order valence-corrected chi connectivity index (χ0v) is 24.2. The predicted molar refractivity (Wildman–Crippen MR) is 148 cm³/mol. The molecule has 1 aliphatic heterocycles. The van der Waals surface area contributed by atoms with E-state index in [1.807, 2.05) is 20.8 Å². The van der Waals surface area contributed by atoms with E-state index in [0.29, 0.717) is 30.1 Å². The third-order valence-electron chi connectivity index (χ3n) is 7.11. The van der Waals surface area contributed by atoms with E-state index < -0.39 is 27.7 Å². The molecule has 2 aliphatic rings. The third-order valence-corrected chi connectivity index (χ3v) is 9.96. The SMILES string of the molecule is CC(C)(C)C#Cc1cc(N(C(=O)[C@H]2CC[C@H](C)CC2)[C@H]2CCN(S(=O)(=O)c3cnc(=O)[nH]c3)C2)c(C(=O)O)s1. The number of aromatic carboxylic acids is 1. The first kappa shape index (κ1) is 29.0. The van der Waals surface area contributed by atoms with Gasteiger partial charge in [-0.3, -0.25) is 4.79 Å². The lowest BCUT2D eigenvalue weighted by Crippen LogP contribution is -2.46. The molecule has 2 aromatic rings. The first-order valence-electron chi connectivity index (χ1n) is 13.0. The molecule has 1 saturated heterocycles. The van der Waals surface area contributed by atoms with Gasteiger partial charge in [-0.2, -0.15) is 4.31 Å². The average molecular weight is 575 g/mol. The van der Waals surface area contributed by atoms with Gasteiger partial charge in [0, 0.05) is 30.6 Å². The van der Waals surface area contributed by atoms with Gasteiger partial charge in [0.25, 0.3) is 0 Å². The fourth-order valence-corrected chi connectivity index (χ4v) is 7.23. The van der Waals surface area contributed by atoms with Gasteiger partial charge in [0.15, 0.2) is 0 Å². The Bertz CT molecular complexity index is 1450. The van der Waals surface area contributed by atoms with E-state index in [0.717, 1.165) is 36.6 Å². The van der Waals surface area contributed by atoms with Crippen molar-refractivity contribution >= 4 is 38.9 Å². The minimum absolute atomic E-state index is 0.00572. The van der Waals surface area contributed by atoms with E-state index in [2.05, 4.69) is 28.7 Å². The summed E-state index contributed by atoms with van der Waals surface area (Å²) in [5, 5.41) is 10.1. The molecular weight excluding hydrogens is 540 g/mol. The van der Waals surface area contributed by atoms with Crippen LogP contribution in [0.5, 0.6) is 0 Å². The number of hydrogen-bond donors (Lipinski definition) is 2. The molecule has 2 aromatic heterocycles.